The Bertz CT molecular complexity index is 380. The van der Waals surface area contributed by atoms with Crippen molar-refractivity contribution in [3.63, 3.8) is 0 Å². The monoisotopic (exact) mass is 348 g/mol. The van der Waals surface area contributed by atoms with E-state index in [4.69, 9.17) is 0 Å². The summed E-state index contributed by atoms with van der Waals surface area (Å²) in [6.45, 7) is 3.97. The average Bonchev–Trinajstić information content (AvgIpc) is 3.09. The highest BCUT2D eigenvalue weighted by atomic mass is 127. The quantitative estimate of drug-likeness (QED) is 0.773. The highest BCUT2D eigenvalue weighted by molar-refractivity contribution is 14.1. The lowest BCUT2D eigenvalue weighted by Crippen LogP contribution is -2.36. The maximum atomic E-state index is 12.9. The van der Waals surface area contributed by atoms with Crippen LogP contribution >= 0.6 is 22.6 Å². The molecular formula is C13H18FIN2. The highest BCUT2D eigenvalue weighted by Crippen LogP contribution is 2.18. The number of rotatable bonds is 6. The molecule has 17 heavy (non-hydrogen) atoms. The number of halogens is 2. The minimum absolute atomic E-state index is 0.165. The van der Waals surface area contributed by atoms with E-state index in [0.717, 1.165) is 28.3 Å². The Balaban J connectivity index is 1.75. The summed E-state index contributed by atoms with van der Waals surface area (Å²) in [7, 11) is 0. The molecule has 0 aromatic heterocycles. The molecule has 2 nitrogen and oxygen atoms in total. The van der Waals surface area contributed by atoms with Crippen molar-refractivity contribution in [2.75, 3.05) is 6.54 Å². The minimum Gasteiger partial charge on any atom is -0.312 e. The highest BCUT2D eigenvalue weighted by Gasteiger charge is 2.20. The van der Waals surface area contributed by atoms with E-state index in [1.807, 2.05) is 6.07 Å². The SMILES string of the molecule is CC(CNC1CC1)NCc1ccc(F)cc1I. The first kappa shape index (κ1) is 13.2. The first-order chi connectivity index (χ1) is 8.15. The van der Waals surface area contributed by atoms with Crippen molar-refractivity contribution in [1.82, 2.24) is 10.6 Å². The van der Waals surface area contributed by atoms with E-state index < -0.39 is 0 Å². The molecule has 0 heterocycles. The molecule has 1 atom stereocenters. The summed E-state index contributed by atoms with van der Waals surface area (Å²) in [5, 5.41) is 6.94. The molecule has 2 N–H and O–H groups in total. The third-order valence-corrected chi connectivity index (χ3v) is 3.95. The van der Waals surface area contributed by atoms with Crippen LogP contribution in [0.5, 0.6) is 0 Å². The molecule has 2 rings (SSSR count). The molecule has 0 radical (unpaired) electrons. The zero-order valence-electron chi connectivity index (χ0n) is 9.97. The number of hydrogen-bond donors (Lipinski definition) is 2. The standard InChI is InChI=1S/C13H18FIN2/c1-9(7-17-12-4-5-12)16-8-10-2-3-11(14)6-13(10)15/h2-3,6,9,12,16-17H,4-5,7-8H2,1H3. The Labute approximate surface area is 116 Å². The lowest BCUT2D eigenvalue weighted by atomic mass is 10.2. The van der Waals surface area contributed by atoms with Gasteiger partial charge in [-0.2, -0.15) is 0 Å². The summed E-state index contributed by atoms with van der Waals surface area (Å²) in [6, 6.07) is 6.14. The van der Waals surface area contributed by atoms with E-state index in [0.29, 0.717) is 6.04 Å². The van der Waals surface area contributed by atoms with Crippen LogP contribution in [0.15, 0.2) is 18.2 Å². The van der Waals surface area contributed by atoms with E-state index in [9.17, 15) is 4.39 Å². The summed E-state index contributed by atoms with van der Waals surface area (Å²) >= 11 is 2.18. The van der Waals surface area contributed by atoms with Crippen LogP contribution in [0.25, 0.3) is 0 Å². The molecule has 1 aromatic rings. The normalized spacial score (nSPS) is 17.1. The van der Waals surface area contributed by atoms with Crippen molar-refractivity contribution in [1.29, 1.82) is 0 Å². The van der Waals surface area contributed by atoms with Crippen LogP contribution in [0.1, 0.15) is 25.3 Å². The van der Waals surface area contributed by atoms with Crippen molar-refractivity contribution < 1.29 is 4.39 Å². The van der Waals surface area contributed by atoms with Gasteiger partial charge in [0, 0.05) is 28.7 Å². The van der Waals surface area contributed by atoms with Gasteiger partial charge in [0.15, 0.2) is 0 Å². The predicted molar refractivity (Wildman–Crippen MR) is 76.4 cm³/mol. The Morgan fingerprint density at radius 3 is 2.88 bits per heavy atom. The van der Waals surface area contributed by atoms with Gasteiger partial charge in [0.1, 0.15) is 5.82 Å². The second kappa shape index (κ2) is 6.11. The van der Waals surface area contributed by atoms with Crippen LogP contribution in [0.3, 0.4) is 0 Å². The Kier molecular flexibility index (Phi) is 4.76. The van der Waals surface area contributed by atoms with Crippen LogP contribution in [0.4, 0.5) is 4.39 Å². The van der Waals surface area contributed by atoms with Gasteiger partial charge in [-0.05, 0) is 60.1 Å². The molecule has 4 heteroatoms. The first-order valence-corrected chi connectivity index (χ1v) is 7.13. The Morgan fingerprint density at radius 2 is 2.24 bits per heavy atom. The lowest BCUT2D eigenvalue weighted by Gasteiger charge is -2.15. The summed E-state index contributed by atoms with van der Waals surface area (Å²) in [5.41, 5.74) is 1.16. The van der Waals surface area contributed by atoms with Crippen molar-refractivity contribution in [3.8, 4) is 0 Å². The average molecular weight is 348 g/mol. The minimum atomic E-state index is -0.165. The van der Waals surface area contributed by atoms with Crippen molar-refractivity contribution in [2.45, 2.75) is 38.4 Å². The Hall–Kier alpha value is -0.200. The van der Waals surface area contributed by atoms with Crippen molar-refractivity contribution in [3.05, 3.63) is 33.1 Å². The largest absolute Gasteiger partial charge is 0.312 e. The predicted octanol–water partition coefficient (Wildman–Crippen LogP) is 2.66. The molecule has 1 aliphatic carbocycles. The smallest absolute Gasteiger partial charge is 0.124 e. The van der Waals surface area contributed by atoms with Crippen LogP contribution in [-0.2, 0) is 6.54 Å². The molecular weight excluding hydrogens is 330 g/mol. The van der Waals surface area contributed by atoms with E-state index in [2.05, 4.69) is 40.1 Å². The van der Waals surface area contributed by atoms with E-state index in [-0.39, 0.29) is 5.82 Å². The number of benzene rings is 1. The van der Waals surface area contributed by atoms with Gasteiger partial charge in [-0.1, -0.05) is 6.07 Å². The maximum Gasteiger partial charge on any atom is 0.124 e. The fraction of sp³-hybridized carbons (Fsp3) is 0.538. The summed E-state index contributed by atoms with van der Waals surface area (Å²) in [6.07, 6.45) is 2.64. The third-order valence-electron chi connectivity index (χ3n) is 2.95. The molecule has 1 aromatic carbocycles. The van der Waals surface area contributed by atoms with Gasteiger partial charge >= 0.3 is 0 Å². The van der Waals surface area contributed by atoms with Gasteiger partial charge in [0.25, 0.3) is 0 Å². The van der Waals surface area contributed by atoms with Crippen molar-refractivity contribution in [2.24, 2.45) is 0 Å². The molecule has 1 fully saturated rings. The molecule has 0 amide bonds. The van der Waals surface area contributed by atoms with Gasteiger partial charge in [-0.25, -0.2) is 4.39 Å². The van der Waals surface area contributed by atoms with Gasteiger partial charge in [-0.3, -0.25) is 0 Å². The topological polar surface area (TPSA) is 24.1 Å². The molecule has 0 bridgehead atoms. The number of nitrogens with one attached hydrogen (secondary N) is 2. The van der Waals surface area contributed by atoms with Gasteiger partial charge in [0.2, 0.25) is 0 Å². The van der Waals surface area contributed by atoms with Gasteiger partial charge < -0.3 is 10.6 Å². The molecule has 0 spiro atoms. The van der Waals surface area contributed by atoms with E-state index in [1.165, 1.54) is 18.9 Å². The lowest BCUT2D eigenvalue weighted by molar-refractivity contribution is 0.499. The van der Waals surface area contributed by atoms with E-state index in [1.54, 1.807) is 6.07 Å². The number of hydrogen-bond acceptors (Lipinski definition) is 2. The third kappa shape index (κ3) is 4.52. The molecule has 1 saturated carbocycles. The summed E-state index contributed by atoms with van der Waals surface area (Å²) < 4.78 is 13.9. The van der Waals surface area contributed by atoms with Crippen LogP contribution in [-0.4, -0.2) is 18.6 Å². The maximum absolute atomic E-state index is 12.9. The van der Waals surface area contributed by atoms with Gasteiger partial charge in [-0.15, -0.1) is 0 Å². The van der Waals surface area contributed by atoms with Crippen LogP contribution in [0.2, 0.25) is 0 Å². The second-order valence-corrected chi connectivity index (χ2v) is 5.86. The molecule has 1 unspecified atom stereocenters. The second-order valence-electron chi connectivity index (χ2n) is 4.70. The zero-order chi connectivity index (χ0) is 12.3. The fourth-order valence-corrected chi connectivity index (χ4v) is 2.32. The van der Waals surface area contributed by atoms with Crippen LogP contribution in [0, 0.1) is 9.39 Å². The first-order valence-electron chi connectivity index (χ1n) is 6.06. The van der Waals surface area contributed by atoms with Gasteiger partial charge in [0.05, 0.1) is 0 Å². The van der Waals surface area contributed by atoms with Crippen molar-refractivity contribution >= 4 is 22.6 Å². The fourth-order valence-electron chi connectivity index (χ4n) is 1.65. The molecule has 0 saturated heterocycles. The summed E-state index contributed by atoms with van der Waals surface area (Å²) in [5.74, 6) is -0.165. The van der Waals surface area contributed by atoms with Crippen LogP contribution < -0.4 is 10.6 Å². The molecule has 1 aliphatic rings. The Morgan fingerprint density at radius 1 is 1.47 bits per heavy atom. The van der Waals surface area contributed by atoms with E-state index >= 15 is 0 Å². The zero-order valence-corrected chi connectivity index (χ0v) is 12.1. The molecule has 0 aliphatic heterocycles. The molecule has 94 valence electrons. The summed E-state index contributed by atoms with van der Waals surface area (Å²) in [4.78, 5) is 0.